The van der Waals surface area contributed by atoms with E-state index in [-0.39, 0.29) is 10.6 Å². The largest absolute Gasteiger partial charge is 0.286 e. The fraction of sp³-hybridized carbons (Fsp3) is 0.545. The van der Waals surface area contributed by atoms with Crippen molar-refractivity contribution in [1.82, 2.24) is 0 Å². The average Bonchev–Trinajstić information content (AvgIpc) is 2.52. The fourth-order valence-electron chi connectivity index (χ4n) is 3.73. The first-order valence-corrected chi connectivity index (χ1v) is 15.4. The zero-order valence-corrected chi connectivity index (χ0v) is 20.2. The molecular formula is C22H33NO2Si2. The Morgan fingerprint density at radius 2 is 1.41 bits per heavy atom. The van der Waals surface area contributed by atoms with Gasteiger partial charge in [0.25, 0.3) is 5.69 Å². The van der Waals surface area contributed by atoms with E-state index in [0.717, 1.165) is 0 Å². The highest BCUT2D eigenvalue weighted by molar-refractivity contribution is 6.90. The summed E-state index contributed by atoms with van der Waals surface area (Å²) in [4.78, 5) is 11.2. The van der Waals surface area contributed by atoms with E-state index in [1.54, 1.807) is 12.1 Å². The first-order valence-electron chi connectivity index (χ1n) is 9.66. The third kappa shape index (κ3) is 5.82. The first kappa shape index (κ1) is 23.2. The second-order valence-electron chi connectivity index (χ2n) is 9.14. The molecule has 0 aromatic heterocycles. The number of hydrogen-bond acceptors (Lipinski definition) is 2. The lowest BCUT2D eigenvalue weighted by Crippen LogP contribution is -2.43. The van der Waals surface area contributed by atoms with Crippen molar-refractivity contribution < 1.29 is 4.92 Å². The van der Waals surface area contributed by atoms with Crippen molar-refractivity contribution in [2.24, 2.45) is 0 Å². The molecule has 0 unspecified atom stereocenters. The number of nitro groups is 1. The Morgan fingerprint density at radius 3 is 1.81 bits per heavy atom. The lowest BCUT2D eigenvalue weighted by molar-refractivity contribution is -0.385. The second-order valence-corrected chi connectivity index (χ2v) is 19.5. The molecule has 0 heterocycles. The molecule has 0 aliphatic rings. The summed E-state index contributed by atoms with van der Waals surface area (Å²) in [5, 5.41) is 11.5. The topological polar surface area (TPSA) is 43.1 Å². The van der Waals surface area contributed by atoms with Gasteiger partial charge in [0.05, 0.1) is 4.92 Å². The maximum atomic E-state index is 11.5. The van der Waals surface area contributed by atoms with Crippen molar-refractivity contribution in [3.63, 3.8) is 0 Å². The maximum Gasteiger partial charge on any atom is 0.286 e. The van der Waals surface area contributed by atoms with Crippen molar-refractivity contribution in [3.05, 3.63) is 39.4 Å². The standard InChI is InChI=1S/C22H33NO2Si2/c1-17(2)27(18(3)4,19(5)6)15-12-20-10-11-21(13-14-26(7,8)9)22(16-20)23(24)25/h10-11,16-19H,1-9H3. The molecule has 0 fully saturated rings. The molecule has 0 N–H and O–H groups in total. The summed E-state index contributed by atoms with van der Waals surface area (Å²) in [7, 11) is -3.46. The first-order chi connectivity index (χ1) is 12.3. The SMILES string of the molecule is CC(C)[Si](C#Cc1ccc(C#C[Si](C)(C)C)c([N+](=O)[O-])c1)(C(C)C)C(C)C. The average molecular weight is 400 g/mol. The van der Waals surface area contributed by atoms with Crippen molar-refractivity contribution in [3.8, 4) is 22.9 Å². The van der Waals surface area contributed by atoms with Crippen LogP contribution in [0.1, 0.15) is 52.7 Å². The molecule has 1 aromatic rings. The third-order valence-electron chi connectivity index (χ3n) is 5.06. The van der Waals surface area contributed by atoms with Gasteiger partial charge in [-0.2, -0.15) is 0 Å². The summed E-state index contributed by atoms with van der Waals surface area (Å²) in [6.45, 7) is 19.9. The summed E-state index contributed by atoms with van der Waals surface area (Å²) in [5.74, 6) is 6.31. The van der Waals surface area contributed by atoms with E-state index < -0.39 is 16.1 Å². The van der Waals surface area contributed by atoms with Crippen LogP contribution in [0.4, 0.5) is 5.69 Å². The molecular weight excluding hydrogens is 366 g/mol. The Kier molecular flexibility index (Phi) is 7.66. The van der Waals surface area contributed by atoms with Crippen LogP contribution in [-0.4, -0.2) is 21.1 Å². The summed E-state index contributed by atoms with van der Waals surface area (Å²) < 4.78 is 0. The molecule has 1 rings (SSSR count). The van der Waals surface area contributed by atoms with E-state index in [9.17, 15) is 10.1 Å². The van der Waals surface area contributed by atoms with Crippen molar-refractivity contribution in [1.29, 1.82) is 0 Å². The summed E-state index contributed by atoms with van der Waals surface area (Å²) in [6.07, 6.45) is 0. The van der Waals surface area contributed by atoms with Crippen LogP contribution in [0.2, 0.25) is 36.3 Å². The minimum Gasteiger partial charge on any atom is -0.258 e. The number of nitrogens with zero attached hydrogens (tertiary/aromatic N) is 1. The van der Waals surface area contributed by atoms with Crippen LogP contribution in [0.15, 0.2) is 18.2 Å². The van der Waals surface area contributed by atoms with E-state index in [4.69, 9.17) is 0 Å². The van der Waals surface area contributed by atoms with Gasteiger partial charge in [-0.05, 0) is 28.8 Å². The summed E-state index contributed by atoms with van der Waals surface area (Å²) in [6, 6.07) is 5.20. The van der Waals surface area contributed by atoms with Crippen LogP contribution < -0.4 is 0 Å². The predicted molar refractivity (Wildman–Crippen MR) is 121 cm³/mol. The molecule has 0 saturated carbocycles. The van der Waals surface area contributed by atoms with Gasteiger partial charge in [0, 0.05) is 11.6 Å². The normalized spacial score (nSPS) is 11.9. The molecule has 5 heteroatoms. The Balaban J connectivity index is 3.46. The van der Waals surface area contributed by atoms with E-state index in [0.29, 0.717) is 27.8 Å². The van der Waals surface area contributed by atoms with Gasteiger partial charge in [0.15, 0.2) is 0 Å². The molecule has 3 nitrogen and oxygen atoms in total. The van der Waals surface area contributed by atoms with Gasteiger partial charge in [0.1, 0.15) is 21.7 Å². The lowest BCUT2D eigenvalue weighted by Gasteiger charge is -2.38. The van der Waals surface area contributed by atoms with Gasteiger partial charge in [0.2, 0.25) is 0 Å². The maximum absolute atomic E-state index is 11.5. The zero-order valence-electron chi connectivity index (χ0n) is 18.2. The second kappa shape index (κ2) is 8.91. The highest BCUT2D eigenvalue weighted by Crippen LogP contribution is 2.40. The van der Waals surface area contributed by atoms with E-state index >= 15 is 0 Å². The quantitative estimate of drug-likeness (QED) is 0.255. The Bertz CT molecular complexity index is 791. The monoisotopic (exact) mass is 399 g/mol. The Labute approximate surface area is 167 Å². The lowest BCUT2D eigenvalue weighted by atomic mass is 10.1. The highest BCUT2D eigenvalue weighted by atomic mass is 28.3. The third-order valence-corrected chi connectivity index (χ3v) is 12.2. The van der Waals surface area contributed by atoms with Crippen LogP contribution in [0.25, 0.3) is 0 Å². The Hall–Kier alpha value is -1.83. The van der Waals surface area contributed by atoms with Gasteiger partial charge >= 0.3 is 0 Å². The van der Waals surface area contributed by atoms with Crippen LogP contribution >= 0.6 is 0 Å². The predicted octanol–water partition coefficient (Wildman–Crippen LogP) is 6.39. The van der Waals surface area contributed by atoms with Gasteiger partial charge in [-0.25, -0.2) is 0 Å². The number of benzene rings is 1. The molecule has 0 saturated heterocycles. The molecule has 0 aliphatic heterocycles. The minimum absolute atomic E-state index is 0.0541. The zero-order chi connectivity index (χ0) is 21.0. The van der Waals surface area contributed by atoms with Gasteiger partial charge in [-0.3, -0.25) is 10.1 Å². The van der Waals surface area contributed by atoms with Crippen LogP contribution in [0.3, 0.4) is 0 Å². The molecule has 27 heavy (non-hydrogen) atoms. The smallest absolute Gasteiger partial charge is 0.258 e. The van der Waals surface area contributed by atoms with E-state index in [2.05, 4.69) is 84.1 Å². The van der Waals surface area contributed by atoms with Gasteiger partial charge in [-0.1, -0.05) is 73.0 Å². The van der Waals surface area contributed by atoms with E-state index in [1.165, 1.54) is 0 Å². The molecule has 0 atom stereocenters. The van der Waals surface area contributed by atoms with Crippen molar-refractivity contribution in [2.45, 2.75) is 77.8 Å². The number of hydrogen-bond donors (Lipinski definition) is 0. The molecule has 0 radical (unpaired) electrons. The minimum atomic E-state index is -1.86. The summed E-state index contributed by atoms with van der Waals surface area (Å²) in [5.41, 5.74) is 9.67. The van der Waals surface area contributed by atoms with Crippen molar-refractivity contribution >= 4 is 21.8 Å². The van der Waals surface area contributed by atoms with Gasteiger partial charge in [-0.15, -0.1) is 11.1 Å². The molecule has 1 aromatic carbocycles. The van der Waals surface area contributed by atoms with E-state index in [1.807, 2.05) is 6.07 Å². The van der Waals surface area contributed by atoms with Crippen LogP contribution in [0, 0.1) is 33.0 Å². The number of rotatable bonds is 4. The van der Waals surface area contributed by atoms with Crippen molar-refractivity contribution in [2.75, 3.05) is 0 Å². The summed E-state index contributed by atoms with van der Waals surface area (Å²) >= 11 is 0. The molecule has 0 bridgehead atoms. The molecule has 0 aliphatic carbocycles. The highest BCUT2D eigenvalue weighted by Gasteiger charge is 2.41. The number of nitro benzene ring substituents is 1. The molecule has 0 spiro atoms. The van der Waals surface area contributed by atoms with Crippen LogP contribution in [-0.2, 0) is 0 Å². The van der Waals surface area contributed by atoms with Crippen LogP contribution in [0.5, 0.6) is 0 Å². The Morgan fingerprint density at radius 1 is 0.889 bits per heavy atom. The molecule has 146 valence electrons. The fourth-order valence-corrected chi connectivity index (χ4v) is 9.47. The van der Waals surface area contributed by atoms with Gasteiger partial charge < -0.3 is 0 Å². The molecule has 0 amide bonds.